The quantitative estimate of drug-likeness (QED) is 0.916. The van der Waals surface area contributed by atoms with Crippen LogP contribution in [0.15, 0.2) is 24.3 Å². The second-order valence-electron chi connectivity index (χ2n) is 6.32. The zero-order valence-electron chi connectivity index (χ0n) is 13.0. The van der Waals surface area contributed by atoms with Crippen molar-refractivity contribution in [2.24, 2.45) is 0 Å². The molecule has 2 aliphatic rings. The summed E-state index contributed by atoms with van der Waals surface area (Å²) < 4.78 is 5.74. The van der Waals surface area contributed by atoms with Crippen LogP contribution in [-0.2, 0) is 6.54 Å². The van der Waals surface area contributed by atoms with Gasteiger partial charge < -0.3 is 9.84 Å². The first-order chi connectivity index (χ1) is 10.2. The van der Waals surface area contributed by atoms with Gasteiger partial charge in [0.15, 0.2) is 0 Å². The van der Waals surface area contributed by atoms with Gasteiger partial charge in [-0.3, -0.25) is 9.80 Å². The Labute approximate surface area is 127 Å². The van der Waals surface area contributed by atoms with E-state index >= 15 is 0 Å². The van der Waals surface area contributed by atoms with Crippen molar-refractivity contribution >= 4 is 0 Å². The Morgan fingerprint density at radius 3 is 2.86 bits per heavy atom. The number of fused-ring (bicyclic) bond motifs is 1. The Hall–Kier alpha value is -1.10. The van der Waals surface area contributed by atoms with Gasteiger partial charge in [-0.05, 0) is 26.3 Å². The number of aliphatic hydroxyl groups excluding tert-OH is 1. The van der Waals surface area contributed by atoms with Crippen molar-refractivity contribution in [2.45, 2.75) is 45.0 Å². The van der Waals surface area contributed by atoms with E-state index in [0.29, 0.717) is 18.7 Å². The summed E-state index contributed by atoms with van der Waals surface area (Å²) >= 11 is 0. The fourth-order valence-electron chi connectivity index (χ4n) is 3.65. The van der Waals surface area contributed by atoms with Crippen molar-refractivity contribution in [1.29, 1.82) is 0 Å². The monoisotopic (exact) mass is 290 g/mol. The van der Waals surface area contributed by atoms with E-state index in [4.69, 9.17) is 4.74 Å². The zero-order valence-corrected chi connectivity index (χ0v) is 13.0. The third-order valence-electron chi connectivity index (χ3n) is 4.72. The number of nitrogens with zero attached hydrogens (tertiary/aromatic N) is 2. The smallest absolute Gasteiger partial charge is 0.123 e. The largest absolute Gasteiger partial charge is 0.494 e. The van der Waals surface area contributed by atoms with E-state index < -0.39 is 0 Å². The van der Waals surface area contributed by atoms with Gasteiger partial charge in [-0.25, -0.2) is 0 Å². The number of rotatable bonds is 4. The predicted molar refractivity (Wildman–Crippen MR) is 83.5 cm³/mol. The first-order valence-electron chi connectivity index (χ1n) is 8.04. The minimum Gasteiger partial charge on any atom is -0.494 e. The first-order valence-corrected chi connectivity index (χ1v) is 8.04. The number of para-hydroxylation sites is 1. The Morgan fingerprint density at radius 1 is 1.24 bits per heavy atom. The number of aliphatic hydroxyl groups is 1. The number of hydrogen-bond donors (Lipinski definition) is 1. The lowest BCUT2D eigenvalue weighted by molar-refractivity contribution is 0.0522. The third-order valence-corrected chi connectivity index (χ3v) is 4.72. The van der Waals surface area contributed by atoms with Crippen LogP contribution in [0.2, 0.25) is 0 Å². The van der Waals surface area contributed by atoms with E-state index in [2.05, 4.69) is 34.9 Å². The van der Waals surface area contributed by atoms with Crippen LogP contribution in [0.3, 0.4) is 0 Å². The van der Waals surface area contributed by atoms with Crippen molar-refractivity contribution in [1.82, 2.24) is 9.80 Å². The van der Waals surface area contributed by atoms with Gasteiger partial charge in [0.1, 0.15) is 5.75 Å². The van der Waals surface area contributed by atoms with Crippen LogP contribution in [0, 0.1) is 0 Å². The van der Waals surface area contributed by atoms with Gasteiger partial charge in [0, 0.05) is 43.8 Å². The molecule has 2 aliphatic heterocycles. The van der Waals surface area contributed by atoms with Crippen molar-refractivity contribution in [2.75, 3.05) is 26.2 Å². The summed E-state index contributed by atoms with van der Waals surface area (Å²) in [6.07, 6.45) is 0.772. The Morgan fingerprint density at radius 2 is 2.05 bits per heavy atom. The third kappa shape index (κ3) is 3.23. The summed E-state index contributed by atoms with van der Waals surface area (Å²) in [4.78, 5) is 4.97. The Kier molecular flexibility index (Phi) is 4.48. The second kappa shape index (κ2) is 6.34. The van der Waals surface area contributed by atoms with Gasteiger partial charge in [0.05, 0.1) is 12.7 Å². The van der Waals surface area contributed by atoms with Gasteiger partial charge in [0.25, 0.3) is 0 Å². The molecule has 0 aromatic heterocycles. The highest BCUT2D eigenvalue weighted by molar-refractivity contribution is 5.33. The molecule has 0 bridgehead atoms. The molecule has 0 spiro atoms. The van der Waals surface area contributed by atoms with Crippen LogP contribution in [0.5, 0.6) is 5.75 Å². The maximum Gasteiger partial charge on any atom is 0.123 e. The van der Waals surface area contributed by atoms with Crippen molar-refractivity contribution in [3.63, 3.8) is 0 Å². The molecule has 0 amide bonds. The molecule has 0 saturated carbocycles. The fourth-order valence-corrected chi connectivity index (χ4v) is 3.65. The standard InChI is InChI=1S/C17H26N2O2/c1-3-21-17-7-5-4-6-14(17)10-18-11-15-8-16(20)12-19(15)9-13(18)2/h4-7,13,15-16,20H,3,8-12H2,1-2H3/t13-,15-,16+/m0/s1. The minimum absolute atomic E-state index is 0.141. The highest BCUT2D eigenvalue weighted by Crippen LogP contribution is 2.28. The van der Waals surface area contributed by atoms with Gasteiger partial charge >= 0.3 is 0 Å². The summed E-state index contributed by atoms with van der Waals surface area (Å²) in [6, 6.07) is 9.35. The highest BCUT2D eigenvalue weighted by atomic mass is 16.5. The van der Waals surface area contributed by atoms with Crippen LogP contribution in [0.1, 0.15) is 25.8 Å². The summed E-state index contributed by atoms with van der Waals surface area (Å²) in [7, 11) is 0. The van der Waals surface area contributed by atoms with E-state index in [1.165, 1.54) is 5.56 Å². The zero-order chi connectivity index (χ0) is 14.8. The van der Waals surface area contributed by atoms with E-state index in [0.717, 1.165) is 38.3 Å². The van der Waals surface area contributed by atoms with Crippen LogP contribution in [0.25, 0.3) is 0 Å². The topological polar surface area (TPSA) is 35.9 Å². The molecule has 116 valence electrons. The van der Waals surface area contributed by atoms with Crippen LogP contribution in [-0.4, -0.2) is 59.3 Å². The summed E-state index contributed by atoms with van der Waals surface area (Å²) in [5.74, 6) is 1.00. The lowest BCUT2D eigenvalue weighted by atomic mass is 10.1. The van der Waals surface area contributed by atoms with Crippen molar-refractivity contribution < 1.29 is 9.84 Å². The lowest BCUT2D eigenvalue weighted by Gasteiger charge is -2.42. The second-order valence-corrected chi connectivity index (χ2v) is 6.32. The van der Waals surface area contributed by atoms with Gasteiger partial charge in [-0.1, -0.05) is 18.2 Å². The average Bonchev–Trinajstić information content (AvgIpc) is 2.81. The molecule has 2 saturated heterocycles. The molecule has 3 rings (SSSR count). The number of benzene rings is 1. The average molecular weight is 290 g/mol. The maximum atomic E-state index is 9.86. The normalized spacial score (nSPS) is 30.3. The molecule has 1 aromatic carbocycles. The van der Waals surface area contributed by atoms with E-state index in [-0.39, 0.29) is 6.10 Å². The molecular formula is C17H26N2O2. The van der Waals surface area contributed by atoms with E-state index in [9.17, 15) is 5.11 Å². The van der Waals surface area contributed by atoms with Gasteiger partial charge in [0.2, 0.25) is 0 Å². The SMILES string of the molecule is CCOc1ccccc1CN1C[C@@H]2C[C@@H](O)CN2C[C@@H]1C. The molecule has 0 radical (unpaired) electrons. The number of hydrogen-bond acceptors (Lipinski definition) is 4. The van der Waals surface area contributed by atoms with Crippen LogP contribution >= 0.6 is 0 Å². The molecule has 2 fully saturated rings. The van der Waals surface area contributed by atoms with Gasteiger partial charge in [-0.15, -0.1) is 0 Å². The first kappa shape index (κ1) is 14.8. The molecule has 1 N–H and O–H groups in total. The minimum atomic E-state index is -0.141. The summed E-state index contributed by atoms with van der Waals surface area (Å²) in [6.45, 7) is 8.88. The maximum absolute atomic E-state index is 9.86. The molecule has 2 heterocycles. The van der Waals surface area contributed by atoms with E-state index in [1.54, 1.807) is 0 Å². The van der Waals surface area contributed by atoms with Crippen molar-refractivity contribution in [3.8, 4) is 5.75 Å². The molecule has 4 nitrogen and oxygen atoms in total. The molecule has 4 heteroatoms. The molecule has 21 heavy (non-hydrogen) atoms. The molecule has 1 aromatic rings. The fraction of sp³-hybridized carbons (Fsp3) is 0.647. The number of piperazine rings is 1. The van der Waals surface area contributed by atoms with Crippen LogP contribution < -0.4 is 4.74 Å². The highest BCUT2D eigenvalue weighted by Gasteiger charge is 2.38. The summed E-state index contributed by atoms with van der Waals surface area (Å²) in [5.41, 5.74) is 1.26. The summed E-state index contributed by atoms with van der Waals surface area (Å²) in [5, 5.41) is 9.86. The lowest BCUT2D eigenvalue weighted by Crippen LogP contribution is -2.54. The van der Waals surface area contributed by atoms with Gasteiger partial charge in [-0.2, -0.15) is 0 Å². The Balaban J connectivity index is 1.70. The van der Waals surface area contributed by atoms with Crippen molar-refractivity contribution in [3.05, 3.63) is 29.8 Å². The molecule has 0 unspecified atom stereocenters. The predicted octanol–water partition coefficient (Wildman–Crippen LogP) is 1.72. The van der Waals surface area contributed by atoms with E-state index in [1.807, 2.05) is 13.0 Å². The molecular weight excluding hydrogens is 264 g/mol. The number of ether oxygens (including phenoxy) is 1. The Bertz CT molecular complexity index is 480. The molecule has 3 atom stereocenters. The molecule has 0 aliphatic carbocycles. The van der Waals surface area contributed by atoms with Crippen LogP contribution in [0.4, 0.5) is 0 Å².